The average molecular weight is 550 g/mol. The number of benzene rings is 3. The van der Waals surface area contributed by atoms with Gasteiger partial charge in [-0.1, -0.05) is 34.1 Å². The van der Waals surface area contributed by atoms with Gasteiger partial charge in [0, 0.05) is 39.7 Å². The second-order valence-corrected chi connectivity index (χ2v) is 9.96. The van der Waals surface area contributed by atoms with Crippen molar-refractivity contribution in [3.8, 4) is 5.75 Å². The third kappa shape index (κ3) is 4.76. The number of amidine groups is 1. The number of ether oxygens (including phenoxy) is 1. The van der Waals surface area contributed by atoms with E-state index in [-0.39, 0.29) is 11.7 Å². The summed E-state index contributed by atoms with van der Waals surface area (Å²) >= 11 is 4.88. The third-order valence-corrected chi connectivity index (χ3v) is 7.31. The molecule has 3 aromatic carbocycles. The molecule has 1 aromatic heterocycles. The first-order valence-corrected chi connectivity index (χ1v) is 12.5. The van der Waals surface area contributed by atoms with Gasteiger partial charge in [0.1, 0.15) is 11.6 Å². The molecule has 0 aliphatic carbocycles. The maximum atomic E-state index is 14.3. The van der Waals surface area contributed by atoms with Gasteiger partial charge in [-0.3, -0.25) is 9.69 Å². The van der Waals surface area contributed by atoms with E-state index in [9.17, 15) is 9.18 Å². The largest absolute Gasteiger partial charge is 0.497 e. The maximum absolute atomic E-state index is 14.3. The van der Waals surface area contributed by atoms with E-state index in [1.807, 2.05) is 65.4 Å². The van der Waals surface area contributed by atoms with Gasteiger partial charge in [0.2, 0.25) is 0 Å². The zero-order valence-electron chi connectivity index (χ0n) is 19.0. The molecule has 1 aliphatic heterocycles. The third-order valence-electron chi connectivity index (χ3n) is 5.76. The molecule has 5 rings (SSSR count). The molecule has 1 saturated heterocycles. The van der Waals surface area contributed by atoms with Crippen molar-refractivity contribution < 1.29 is 13.9 Å². The lowest BCUT2D eigenvalue weighted by Crippen LogP contribution is -2.23. The van der Waals surface area contributed by atoms with Crippen molar-refractivity contribution >= 4 is 61.4 Å². The van der Waals surface area contributed by atoms with Crippen LogP contribution in [0.4, 0.5) is 10.1 Å². The van der Waals surface area contributed by atoms with Gasteiger partial charge >= 0.3 is 0 Å². The van der Waals surface area contributed by atoms with Gasteiger partial charge in [-0.05, 0) is 66.4 Å². The van der Waals surface area contributed by atoms with Gasteiger partial charge in [0.15, 0.2) is 5.17 Å². The summed E-state index contributed by atoms with van der Waals surface area (Å²) in [6.45, 7) is 0.388. The minimum absolute atomic E-state index is 0.118. The van der Waals surface area contributed by atoms with Gasteiger partial charge in [-0.2, -0.15) is 0 Å². The van der Waals surface area contributed by atoms with Gasteiger partial charge in [0.05, 0.1) is 24.2 Å². The highest BCUT2D eigenvalue weighted by atomic mass is 79.9. The average Bonchev–Trinajstić information content (AvgIpc) is 3.32. The summed E-state index contributed by atoms with van der Waals surface area (Å²) in [5.74, 6) is 0.386. The number of rotatable bonds is 5. The lowest BCUT2D eigenvalue weighted by Gasteiger charge is -2.07. The van der Waals surface area contributed by atoms with E-state index >= 15 is 0 Å². The van der Waals surface area contributed by atoms with E-state index < -0.39 is 0 Å². The van der Waals surface area contributed by atoms with E-state index in [0.29, 0.717) is 22.2 Å². The summed E-state index contributed by atoms with van der Waals surface area (Å²) in [4.78, 5) is 19.8. The Bertz CT molecular complexity index is 1490. The van der Waals surface area contributed by atoms with Crippen molar-refractivity contribution in [1.82, 2.24) is 9.47 Å². The van der Waals surface area contributed by atoms with Crippen LogP contribution in [-0.4, -0.2) is 34.7 Å². The lowest BCUT2D eigenvalue weighted by atomic mass is 10.1. The quantitative estimate of drug-likeness (QED) is 0.256. The second-order valence-electron chi connectivity index (χ2n) is 8.03. The van der Waals surface area contributed by atoms with Crippen LogP contribution in [-0.2, 0) is 11.3 Å². The van der Waals surface area contributed by atoms with Crippen LogP contribution in [0.1, 0.15) is 11.1 Å². The molecule has 0 unspecified atom stereocenters. The van der Waals surface area contributed by atoms with E-state index in [2.05, 4.69) is 20.9 Å². The Morgan fingerprint density at radius 3 is 2.63 bits per heavy atom. The number of nitrogens with zero attached hydrogens (tertiary/aromatic N) is 3. The second kappa shape index (κ2) is 9.71. The molecule has 5 nitrogen and oxygen atoms in total. The Labute approximate surface area is 215 Å². The summed E-state index contributed by atoms with van der Waals surface area (Å²) in [6.07, 6.45) is 3.84. The summed E-state index contributed by atoms with van der Waals surface area (Å²) < 4.78 is 22.5. The molecule has 0 saturated carbocycles. The number of thioether (sulfide) groups is 1. The fraction of sp³-hybridized carbons (Fsp3) is 0.111. The van der Waals surface area contributed by atoms with Crippen LogP contribution < -0.4 is 4.74 Å². The van der Waals surface area contributed by atoms with Crippen LogP contribution in [0.5, 0.6) is 5.75 Å². The zero-order valence-corrected chi connectivity index (χ0v) is 21.4. The highest BCUT2D eigenvalue weighted by Gasteiger charge is 2.30. The van der Waals surface area contributed by atoms with Gasteiger partial charge in [-0.25, -0.2) is 9.38 Å². The number of carbonyl (C=O) groups is 1. The summed E-state index contributed by atoms with van der Waals surface area (Å²) in [6, 6.07) is 20.1. The molecular formula is C27H21BrFN3O2S. The SMILES string of the molecule is COc1ccc(N=C2S/C(=C/c3cn(Cc4ccccc4F)c4ccc(Br)cc34)C(=O)N2C)cc1. The predicted octanol–water partition coefficient (Wildman–Crippen LogP) is 6.83. The smallest absolute Gasteiger partial charge is 0.266 e. The predicted molar refractivity (Wildman–Crippen MR) is 144 cm³/mol. The molecule has 1 fully saturated rings. The van der Waals surface area contributed by atoms with Crippen LogP contribution in [0.3, 0.4) is 0 Å². The molecule has 0 bridgehead atoms. The molecular weight excluding hydrogens is 529 g/mol. The number of fused-ring (bicyclic) bond motifs is 1. The molecule has 176 valence electrons. The number of methoxy groups -OCH3 is 1. The fourth-order valence-corrected chi connectivity index (χ4v) is 5.25. The molecule has 1 amide bonds. The number of halogens is 2. The first kappa shape index (κ1) is 23.4. The maximum Gasteiger partial charge on any atom is 0.266 e. The van der Waals surface area contributed by atoms with Crippen molar-refractivity contribution in [2.75, 3.05) is 14.2 Å². The standard InChI is InChI=1S/C27H21BrFN3O2S/c1-31-26(33)25(35-27(31)30-20-8-10-21(34-2)11-9-20)13-18-16-32(15-17-5-3-4-6-23(17)29)24-12-7-19(28)14-22(18)24/h3-14,16H,15H2,1-2H3/b25-13+,30-27?. The van der Waals surface area contributed by atoms with Crippen molar-refractivity contribution in [2.45, 2.75) is 6.54 Å². The molecule has 35 heavy (non-hydrogen) atoms. The van der Waals surface area contributed by atoms with Crippen LogP contribution >= 0.6 is 27.7 Å². The van der Waals surface area contributed by atoms with E-state index in [4.69, 9.17) is 4.74 Å². The lowest BCUT2D eigenvalue weighted by molar-refractivity contribution is -0.121. The number of aliphatic imine (C=N–C) groups is 1. The Kier molecular flexibility index (Phi) is 6.49. The number of carbonyl (C=O) groups excluding carboxylic acids is 1. The Morgan fingerprint density at radius 2 is 1.89 bits per heavy atom. The summed E-state index contributed by atoms with van der Waals surface area (Å²) in [5, 5.41) is 1.57. The van der Waals surface area contributed by atoms with Crippen LogP contribution in [0.15, 0.2) is 87.3 Å². The fourth-order valence-electron chi connectivity index (χ4n) is 3.91. The zero-order chi connectivity index (χ0) is 24.5. The number of hydrogen-bond acceptors (Lipinski definition) is 4. The first-order valence-electron chi connectivity index (χ1n) is 10.8. The Hall–Kier alpha value is -3.36. The van der Waals surface area contributed by atoms with Gasteiger partial charge in [0.25, 0.3) is 5.91 Å². The Balaban J connectivity index is 1.51. The Morgan fingerprint density at radius 1 is 1.11 bits per heavy atom. The number of aromatic nitrogens is 1. The van der Waals surface area contributed by atoms with Crippen LogP contribution in [0, 0.1) is 5.82 Å². The minimum Gasteiger partial charge on any atom is -0.497 e. The van der Waals surface area contributed by atoms with E-state index in [1.54, 1.807) is 31.2 Å². The monoisotopic (exact) mass is 549 g/mol. The normalized spacial score (nSPS) is 16.1. The van der Waals surface area contributed by atoms with Crippen LogP contribution in [0.25, 0.3) is 17.0 Å². The first-order chi connectivity index (χ1) is 16.9. The molecule has 2 heterocycles. The van der Waals surface area contributed by atoms with Gasteiger partial charge in [-0.15, -0.1) is 0 Å². The number of hydrogen-bond donors (Lipinski definition) is 0. The van der Waals surface area contributed by atoms with Crippen LogP contribution in [0.2, 0.25) is 0 Å². The molecule has 8 heteroatoms. The van der Waals surface area contributed by atoms with Gasteiger partial charge < -0.3 is 9.30 Å². The molecule has 0 atom stereocenters. The van der Waals surface area contributed by atoms with Crippen molar-refractivity contribution in [2.24, 2.45) is 4.99 Å². The van der Waals surface area contributed by atoms with Crippen molar-refractivity contribution in [1.29, 1.82) is 0 Å². The summed E-state index contributed by atoms with van der Waals surface area (Å²) in [5.41, 5.74) is 3.18. The van der Waals surface area contributed by atoms with Crippen molar-refractivity contribution in [3.05, 3.63) is 99.2 Å². The molecule has 0 radical (unpaired) electrons. The molecule has 0 spiro atoms. The molecule has 4 aromatic rings. The van der Waals surface area contributed by atoms with E-state index in [1.165, 1.54) is 17.8 Å². The van der Waals surface area contributed by atoms with E-state index in [0.717, 1.165) is 32.4 Å². The molecule has 0 N–H and O–H groups in total. The topological polar surface area (TPSA) is 46.8 Å². The minimum atomic E-state index is -0.242. The highest BCUT2D eigenvalue weighted by molar-refractivity contribution is 9.10. The highest BCUT2D eigenvalue weighted by Crippen LogP contribution is 2.36. The summed E-state index contributed by atoms with van der Waals surface area (Å²) in [7, 11) is 3.33. The van der Waals surface area contributed by atoms with Crippen molar-refractivity contribution in [3.63, 3.8) is 0 Å². The number of amides is 1. The molecule has 1 aliphatic rings. The number of likely N-dealkylation sites (N-methyl/N-ethyl adjacent to an activating group) is 1.